The summed E-state index contributed by atoms with van der Waals surface area (Å²) in [5.41, 5.74) is 1.41. The largest absolute Gasteiger partial charge is 0.342 e. The number of carbonyl (C=O) groups excluding carboxylic acids is 1. The summed E-state index contributed by atoms with van der Waals surface area (Å²) in [5.74, 6) is 2.44. The lowest BCUT2D eigenvalue weighted by molar-refractivity contribution is -0.134. The summed E-state index contributed by atoms with van der Waals surface area (Å²) in [6.07, 6.45) is 7.65. The van der Waals surface area contributed by atoms with Crippen LogP contribution in [0.1, 0.15) is 49.9 Å². The van der Waals surface area contributed by atoms with Crippen LogP contribution in [-0.4, -0.2) is 69.5 Å². The second-order valence-electron chi connectivity index (χ2n) is 8.88. The third-order valence-corrected chi connectivity index (χ3v) is 7.48. The van der Waals surface area contributed by atoms with Gasteiger partial charge in [0.05, 0.1) is 6.54 Å². The molecule has 31 heavy (non-hydrogen) atoms. The van der Waals surface area contributed by atoms with Crippen molar-refractivity contribution in [3.8, 4) is 0 Å². The van der Waals surface area contributed by atoms with E-state index in [0.717, 1.165) is 75.8 Å². The molecule has 2 aliphatic heterocycles. The first-order valence-electron chi connectivity index (χ1n) is 11.7. The Bertz CT molecular complexity index is 847. The lowest BCUT2D eigenvalue weighted by Crippen LogP contribution is -2.46. The average Bonchev–Trinajstić information content (AvgIpc) is 3.23. The van der Waals surface area contributed by atoms with Gasteiger partial charge in [0.1, 0.15) is 5.82 Å². The molecular formula is C24H35N5OS. The Morgan fingerprint density at radius 2 is 1.87 bits per heavy atom. The molecule has 2 aliphatic rings. The zero-order chi connectivity index (χ0) is 21.6. The lowest BCUT2D eigenvalue weighted by Gasteiger charge is -2.36. The van der Waals surface area contributed by atoms with Gasteiger partial charge in [0.2, 0.25) is 5.91 Å². The third kappa shape index (κ3) is 5.50. The molecule has 0 unspecified atom stereocenters. The van der Waals surface area contributed by atoms with Gasteiger partial charge in [-0.05, 0) is 63.3 Å². The maximum atomic E-state index is 13.0. The SMILES string of the molecule is CCn1c(SC)nnc1[C@@H]1CCCN(CC(=O)N2CCC(Cc3ccccc3)CC2)C1. The summed E-state index contributed by atoms with van der Waals surface area (Å²) in [4.78, 5) is 17.4. The van der Waals surface area contributed by atoms with Crippen LogP contribution in [0.15, 0.2) is 35.5 Å². The molecule has 1 amide bonds. The number of nitrogens with zero attached hydrogens (tertiary/aromatic N) is 5. The zero-order valence-corrected chi connectivity index (χ0v) is 19.7. The minimum Gasteiger partial charge on any atom is -0.342 e. The molecule has 2 aromatic rings. The molecule has 4 rings (SSSR count). The maximum absolute atomic E-state index is 13.0. The number of benzene rings is 1. The van der Waals surface area contributed by atoms with E-state index in [9.17, 15) is 4.79 Å². The van der Waals surface area contributed by atoms with E-state index >= 15 is 0 Å². The highest BCUT2D eigenvalue weighted by Crippen LogP contribution is 2.28. The van der Waals surface area contributed by atoms with E-state index in [1.54, 1.807) is 11.8 Å². The topological polar surface area (TPSA) is 54.3 Å². The molecule has 1 atom stereocenters. The number of thioether (sulfide) groups is 1. The normalized spacial score (nSPS) is 20.8. The van der Waals surface area contributed by atoms with Crippen LogP contribution in [0.2, 0.25) is 0 Å². The summed E-state index contributed by atoms with van der Waals surface area (Å²) in [5, 5.41) is 9.85. The smallest absolute Gasteiger partial charge is 0.236 e. The molecule has 3 heterocycles. The van der Waals surface area contributed by atoms with Crippen LogP contribution in [-0.2, 0) is 17.8 Å². The predicted molar refractivity (Wildman–Crippen MR) is 125 cm³/mol. The van der Waals surface area contributed by atoms with Gasteiger partial charge in [-0.2, -0.15) is 0 Å². The molecule has 1 aromatic carbocycles. The minimum absolute atomic E-state index is 0.292. The Balaban J connectivity index is 1.27. The summed E-state index contributed by atoms with van der Waals surface area (Å²) < 4.78 is 2.23. The summed E-state index contributed by atoms with van der Waals surface area (Å²) in [7, 11) is 0. The molecule has 2 fully saturated rings. The number of carbonyl (C=O) groups is 1. The highest BCUT2D eigenvalue weighted by Gasteiger charge is 2.29. The van der Waals surface area contributed by atoms with E-state index in [-0.39, 0.29) is 0 Å². The molecule has 0 aliphatic carbocycles. The van der Waals surface area contributed by atoms with Crippen molar-refractivity contribution >= 4 is 17.7 Å². The summed E-state index contributed by atoms with van der Waals surface area (Å²) in [6, 6.07) is 10.7. The number of piperidine rings is 2. The fraction of sp³-hybridized carbons (Fsp3) is 0.625. The monoisotopic (exact) mass is 441 g/mol. The number of likely N-dealkylation sites (tertiary alicyclic amines) is 2. The van der Waals surface area contributed by atoms with Crippen molar-refractivity contribution in [2.45, 2.75) is 56.6 Å². The van der Waals surface area contributed by atoms with Crippen LogP contribution in [0.4, 0.5) is 0 Å². The van der Waals surface area contributed by atoms with Crippen LogP contribution in [0.25, 0.3) is 0 Å². The minimum atomic E-state index is 0.292. The second-order valence-corrected chi connectivity index (χ2v) is 9.65. The number of amides is 1. The van der Waals surface area contributed by atoms with Crippen LogP contribution in [0.5, 0.6) is 0 Å². The van der Waals surface area contributed by atoms with Gasteiger partial charge in [-0.25, -0.2) is 0 Å². The molecule has 6 nitrogen and oxygen atoms in total. The van der Waals surface area contributed by atoms with E-state index in [1.807, 2.05) is 0 Å². The van der Waals surface area contributed by atoms with Crippen molar-refractivity contribution in [2.75, 3.05) is 39.0 Å². The molecule has 2 saturated heterocycles. The molecule has 0 radical (unpaired) electrons. The predicted octanol–water partition coefficient (Wildman–Crippen LogP) is 3.68. The van der Waals surface area contributed by atoms with Crippen LogP contribution < -0.4 is 0 Å². The average molecular weight is 442 g/mol. The van der Waals surface area contributed by atoms with E-state index in [2.05, 4.69) is 68.1 Å². The van der Waals surface area contributed by atoms with Crippen molar-refractivity contribution in [3.05, 3.63) is 41.7 Å². The maximum Gasteiger partial charge on any atom is 0.236 e. The molecule has 0 N–H and O–H groups in total. The Morgan fingerprint density at radius 3 is 2.58 bits per heavy atom. The van der Waals surface area contributed by atoms with Gasteiger partial charge in [0, 0.05) is 32.1 Å². The van der Waals surface area contributed by atoms with Gasteiger partial charge in [-0.1, -0.05) is 42.1 Å². The van der Waals surface area contributed by atoms with Crippen LogP contribution >= 0.6 is 11.8 Å². The Hall–Kier alpha value is -1.86. The number of rotatable bonds is 7. The standard InChI is InChI=1S/C24H35N5OS/c1-3-29-23(25-26-24(29)31-2)21-10-7-13-27(17-21)18-22(30)28-14-11-20(12-15-28)16-19-8-5-4-6-9-19/h4-6,8-9,20-21H,3,7,10-18H2,1-2H3/t21-/m1/s1. The number of hydrogen-bond donors (Lipinski definition) is 0. The first-order chi connectivity index (χ1) is 15.2. The van der Waals surface area contributed by atoms with Crippen molar-refractivity contribution in [1.29, 1.82) is 0 Å². The zero-order valence-electron chi connectivity index (χ0n) is 18.9. The Morgan fingerprint density at radius 1 is 1.10 bits per heavy atom. The van der Waals surface area contributed by atoms with E-state index in [4.69, 9.17) is 0 Å². The van der Waals surface area contributed by atoms with Crippen molar-refractivity contribution in [3.63, 3.8) is 0 Å². The van der Waals surface area contributed by atoms with Gasteiger partial charge < -0.3 is 9.47 Å². The third-order valence-electron chi connectivity index (χ3n) is 6.81. The van der Waals surface area contributed by atoms with Crippen LogP contribution in [0, 0.1) is 5.92 Å². The van der Waals surface area contributed by atoms with E-state index in [1.165, 1.54) is 5.56 Å². The second kappa shape index (κ2) is 10.6. The quantitative estimate of drug-likeness (QED) is 0.614. The fourth-order valence-corrected chi connectivity index (χ4v) is 5.65. The van der Waals surface area contributed by atoms with Gasteiger partial charge in [0.15, 0.2) is 5.16 Å². The molecule has 7 heteroatoms. The molecule has 168 valence electrons. The van der Waals surface area contributed by atoms with E-state index in [0.29, 0.717) is 24.3 Å². The number of aromatic nitrogens is 3. The molecule has 0 spiro atoms. The summed E-state index contributed by atoms with van der Waals surface area (Å²) >= 11 is 1.65. The van der Waals surface area contributed by atoms with Gasteiger partial charge in [0.25, 0.3) is 0 Å². The molecular weight excluding hydrogens is 406 g/mol. The summed E-state index contributed by atoms with van der Waals surface area (Å²) in [6.45, 7) is 7.29. The van der Waals surface area contributed by atoms with Gasteiger partial charge in [-0.3, -0.25) is 9.69 Å². The fourth-order valence-electron chi connectivity index (χ4n) is 5.09. The highest BCUT2D eigenvalue weighted by molar-refractivity contribution is 7.98. The molecule has 0 saturated carbocycles. The first-order valence-corrected chi connectivity index (χ1v) is 12.9. The Labute approximate surface area is 190 Å². The van der Waals surface area contributed by atoms with Gasteiger partial charge in [-0.15, -0.1) is 10.2 Å². The van der Waals surface area contributed by atoms with Crippen LogP contribution in [0.3, 0.4) is 0 Å². The van der Waals surface area contributed by atoms with Gasteiger partial charge >= 0.3 is 0 Å². The molecule has 1 aromatic heterocycles. The number of hydrogen-bond acceptors (Lipinski definition) is 5. The van der Waals surface area contributed by atoms with Crippen molar-refractivity contribution in [2.24, 2.45) is 5.92 Å². The van der Waals surface area contributed by atoms with Crippen molar-refractivity contribution < 1.29 is 4.79 Å². The van der Waals surface area contributed by atoms with Crippen molar-refractivity contribution in [1.82, 2.24) is 24.6 Å². The highest BCUT2D eigenvalue weighted by atomic mass is 32.2. The Kier molecular flexibility index (Phi) is 7.67. The first kappa shape index (κ1) is 22.3. The van der Waals surface area contributed by atoms with E-state index < -0.39 is 0 Å². The lowest BCUT2D eigenvalue weighted by atomic mass is 9.90. The molecule has 0 bridgehead atoms.